The van der Waals surface area contributed by atoms with Crippen molar-refractivity contribution in [1.82, 2.24) is 19.5 Å². The van der Waals surface area contributed by atoms with E-state index in [9.17, 15) is 10.2 Å². The zero-order valence-electron chi connectivity index (χ0n) is 11.6. The Hall–Kier alpha value is -1.81. The van der Waals surface area contributed by atoms with Gasteiger partial charge in [-0.3, -0.25) is 4.57 Å². The van der Waals surface area contributed by atoms with Gasteiger partial charge in [-0.15, -0.1) is 0 Å². The summed E-state index contributed by atoms with van der Waals surface area (Å²) in [6, 6.07) is 0. The number of anilines is 1. The van der Waals surface area contributed by atoms with Crippen LogP contribution in [0.3, 0.4) is 0 Å². The number of rotatable bonds is 2. The van der Waals surface area contributed by atoms with Crippen LogP contribution in [0.1, 0.15) is 19.1 Å². The van der Waals surface area contributed by atoms with Crippen LogP contribution >= 0.6 is 0 Å². The van der Waals surface area contributed by atoms with Crippen LogP contribution in [0, 0.1) is 0 Å². The molecule has 2 unspecified atom stereocenters. The molecule has 9 nitrogen and oxygen atoms in total. The number of imidazole rings is 1. The first-order chi connectivity index (χ1) is 10.6. The molecule has 1 saturated carbocycles. The molecule has 1 spiro atoms. The maximum absolute atomic E-state index is 10.5. The van der Waals surface area contributed by atoms with Crippen molar-refractivity contribution in [2.24, 2.45) is 0 Å². The summed E-state index contributed by atoms with van der Waals surface area (Å²) in [5.41, 5.74) is 5.15. The maximum atomic E-state index is 10.5. The predicted octanol–water partition coefficient (Wildman–Crippen LogP) is -1.04. The molecule has 0 aromatic carbocycles. The molecule has 116 valence electrons. The van der Waals surface area contributed by atoms with Crippen molar-refractivity contribution in [2.75, 3.05) is 12.3 Å². The lowest BCUT2D eigenvalue weighted by Gasteiger charge is -2.36. The van der Waals surface area contributed by atoms with Gasteiger partial charge in [0, 0.05) is 0 Å². The zero-order valence-corrected chi connectivity index (χ0v) is 11.6. The summed E-state index contributed by atoms with van der Waals surface area (Å²) < 4.78 is 13.8. The van der Waals surface area contributed by atoms with Gasteiger partial charge in [-0.1, -0.05) is 0 Å². The maximum Gasteiger partial charge on any atom is 0.167 e. The van der Waals surface area contributed by atoms with Gasteiger partial charge >= 0.3 is 0 Å². The van der Waals surface area contributed by atoms with Crippen LogP contribution in [0.4, 0.5) is 5.82 Å². The molecule has 22 heavy (non-hydrogen) atoms. The van der Waals surface area contributed by atoms with Gasteiger partial charge in [0.05, 0.1) is 12.9 Å². The fourth-order valence-corrected chi connectivity index (χ4v) is 3.83. The SMILES string of the molecule is Nc1ncnc2c1ncn2[C@@H]1O[C@]2(CO)C(O)C1OC21CC1. The van der Waals surface area contributed by atoms with Crippen LogP contribution in [0.25, 0.3) is 11.2 Å². The van der Waals surface area contributed by atoms with Crippen LogP contribution < -0.4 is 5.73 Å². The van der Waals surface area contributed by atoms with E-state index < -0.39 is 29.6 Å². The third-order valence-electron chi connectivity index (χ3n) is 5.13. The number of fused-ring (bicyclic) bond motifs is 4. The monoisotopic (exact) mass is 305 g/mol. The largest absolute Gasteiger partial charge is 0.393 e. The van der Waals surface area contributed by atoms with E-state index in [1.807, 2.05) is 0 Å². The first kappa shape index (κ1) is 12.7. The van der Waals surface area contributed by atoms with Gasteiger partial charge in [0.25, 0.3) is 0 Å². The Kier molecular flexibility index (Phi) is 2.16. The number of hydrogen-bond acceptors (Lipinski definition) is 8. The van der Waals surface area contributed by atoms with Crippen LogP contribution in [-0.2, 0) is 9.47 Å². The minimum absolute atomic E-state index is 0.281. The molecule has 2 aromatic heterocycles. The lowest BCUT2D eigenvalue weighted by atomic mass is 9.91. The van der Waals surface area contributed by atoms with Crippen LogP contribution in [0.2, 0.25) is 0 Å². The van der Waals surface area contributed by atoms with Crippen molar-refractivity contribution in [3.05, 3.63) is 12.7 Å². The van der Waals surface area contributed by atoms with E-state index in [1.165, 1.54) is 6.33 Å². The topological polar surface area (TPSA) is 129 Å². The number of aliphatic hydroxyl groups is 2. The third kappa shape index (κ3) is 1.23. The molecular formula is C13H15N5O4. The second-order valence-electron chi connectivity index (χ2n) is 6.16. The second-order valence-corrected chi connectivity index (χ2v) is 6.16. The number of nitrogens with two attached hydrogens (primary N) is 1. The lowest BCUT2D eigenvalue weighted by molar-refractivity contribution is -0.233. The van der Waals surface area contributed by atoms with Gasteiger partial charge in [-0.05, 0) is 12.8 Å². The van der Waals surface area contributed by atoms with Crippen molar-refractivity contribution in [2.45, 2.75) is 42.5 Å². The van der Waals surface area contributed by atoms with E-state index in [2.05, 4.69) is 15.0 Å². The summed E-state index contributed by atoms with van der Waals surface area (Å²) in [5.74, 6) is 0.281. The van der Waals surface area contributed by atoms with Crippen molar-refractivity contribution in [3.63, 3.8) is 0 Å². The summed E-state index contributed by atoms with van der Waals surface area (Å²) in [6.45, 7) is -0.287. The molecule has 2 aliphatic heterocycles. The number of nitrogen functional groups attached to an aromatic ring is 1. The van der Waals surface area contributed by atoms with Gasteiger partial charge in [0.1, 0.15) is 29.7 Å². The Morgan fingerprint density at radius 2 is 2.14 bits per heavy atom. The second kappa shape index (κ2) is 3.74. The zero-order chi connectivity index (χ0) is 15.1. The molecule has 4 atom stereocenters. The Bertz CT molecular complexity index is 775. The standard InChI is InChI=1S/C13H15N5O4/c14-9-6-10(16-4-15-9)18(5-17-6)11-7-8(20)13(3-19,22-11)12(21-7)1-2-12/h4-5,7-8,11,19-20H,1-3H2,(H2,14,15,16)/t7?,8?,11-,13-/m1/s1. The average molecular weight is 305 g/mol. The third-order valence-corrected chi connectivity index (χ3v) is 5.13. The first-order valence-corrected chi connectivity index (χ1v) is 7.19. The lowest BCUT2D eigenvalue weighted by Crippen LogP contribution is -2.52. The Morgan fingerprint density at radius 3 is 2.86 bits per heavy atom. The minimum atomic E-state index is -1.07. The molecule has 3 fully saturated rings. The van der Waals surface area contributed by atoms with Crippen LogP contribution in [0.15, 0.2) is 12.7 Å². The molecule has 2 saturated heterocycles. The van der Waals surface area contributed by atoms with Crippen molar-refractivity contribution >= 4 is 17.0 Å². The van der Waals surface area contributed by atoms with E-state index in [1.54, 1.807) is 10.9 Å². The molecule has 2 bridgehead atoms. The summed E-state index contributed by atoms with van der Waals surface area (Å²) in [5, 5.41) is 20.4. The van der Waals surface area contributed by atoms with Gasteiger partial charge in [0.15, 0.2) is 23.3 Å². The van der Waals surface area contributed by atoms with Crippen LogP contribution in [0.5, 0.6) is 0 Å². The number of hydrogen-bond donors (Lipinski definition) is 3. The van der Waals surface area contributed by atoms with Crippen molar-refractivity contribution < 1.29 is 19.7 Å². The van der Waals surface area contributed by atoms with Gasteiger partial charge in [0.2, 0.25) is 0 Å². The Morgan fingerprint density at radius 1 is 1.32 bits per heavy atom. The van der Waals surface area contributed by atoms with Crippen molar-refractivity contribution in [1.29, 1.82) is 0 Å². The van der Waals surface area contributed by atoms with E-state index in [0.29, 0.717) is 11.2 Å². The molecular weight excluding hydrogens is 290 g/mol. The van der Waals surface area contributed by atoms with Crippen LogP contribution in [-0.4, -0.2) is 59.7 Å². The number of nitrogens with zero attached hydrogens (tertiary/aromatic N) is 4. The molecule has 4 heterocycles. The normalized spacial score (nSPS) is 38.2. The highest BCUT2D eigenvalue weighted by molar-refractivity contribution is 5.81. The van der Waals surface area contributed by atoms with Gasteiger partial charge in [-0.25, -0.2) is 15.0 Å². The van der Waals surface area contributed by atoms with Gasteiger partial charge in [-0.2, -0.15) is 0 Å². The highest BCUT2D eigenvalue weighted by atomic mass is 16.7. The molecule has 0 radical (unpaired) electrons. The number of aliphatic hydroxyl groups excluding tert-OH is 2. The number of aromatic nitrogens is 4. The molecule has 3 aliphatic rings. The Labute approximate surface area is 124 Å². The smallest absolute Gasteiger partial charge is 0.167 e. The van der Waals surface area contributed by atoms with E-state index >= 15 is 0 Å². The summed E-state index contributed by atoms with van der Waals surface area (Å²) >= 11 is 0. The molecule has 1 aliphatic carbocycles. The van der Waals surface area contributed by atoms with Crippen molar-refractivity contribution in [3.8, 4) is 0 Å². The molecule has 0 amide bonds. The fraction of sp³-hybridized carbons (Fsp3) is 0.615. The summed E-state index contributed by atoms with van der Waals surface area (Å²) in [7, 11) is 0. The molecule has 9 heteroatoms. The summed E-state index contributed by atoms with van der Waals surface area (Å²) in [4.78, 5) is 12.3. The molecule has 2 aromatic rings. The Balaban J connectivity index is 1.62. The first-order valence-electron chi connectivity index (χ1n) is 7.19. The van der Waals surface area contributed by atoms with E-state index in [-0.39, 0.29) is 12.4 Å². The highest BCUT2D eigenvalue weighted by Gasteiger charge is 2.78. The molecule has 4 N–H and O–H groups in total. The number of ether oxygens (including phenoxy) is 2. The minimum Gasteiger partial charge on any atom is -0.393 e. The van der Waals surface area contributed by atoms with E-state index in [4.69, 9.17) is 15.2 Å². The van der Waals surface area contributed by atoms with Gasteiger partial charge < -0.3 is 25.4 Å². The summed E-state index contributed by atoms with van der Waals surface area (Å²) in [6.07, 6.45) is 2.41. The van der Waals surface area contributed by atoms with E-state index in [0.717, 1.165) is 12.8 Å². The predicted molar refractivity (Wildman–Crippen MR) is 72.5 cm³/mol. The molecule has 5 rings (SSSR count). The fourth-order valence-electron chi connectivity index (χ4n) is 3.83. The average Bonchev–Trinajstić information content (AvgIpc) is 2.98. The quantitative estimate of drug-likeness (QED) is 0.642. The highest BCUT2D eigenvalue weighted by Crippen LogP contribution is 2.64.